The molecule has 2 nitrogen and oxygen atoms in total. The van der Waals surface area contributed by atoms with E-state index >= 15 is 0 Å². The molecule has 43 heavy (non-hydrogen) atoms. The van der Waals surface area contributed by atoms with Gasteiger partial charge in [0.15, 0.2) is 0 Å². The molecule has 0 saturated carbocycles. The fourth-order valence-corrected chi connectivity index (χ4v) is 6.30. The summed E-state index contributed by atoms with van der Waals surface area (Å²) in [6.07, 6.45) is 16.0. The van der Waals surface area contributed by atoms with E-state index in [4.69, 9.17) is 4.99 Å². The molecule has 208 valence electrons. The van der Waals surface area contributed by atoms with Crippen LogP contribution in [0.4, 0.5) is 0 Å². The number of aryl methyl sites for hydroxylation is 1. The van der Waals surface area contributed by atoms with Crippen molar-refractivity contribution in [2.45, 2.75) is 26.2 Å². The Labute approximate surface area is 254 Å². The van der Waals surface area contributed by atoms with Crippen molar-refractivity contribution >= 4 is 34.0 Å². The molecular weight excluding hydrogens is 520 g/mol. The molecular formula is C41H34N2. The first-order valence-electron chi connectivity index (χ1n) is 15.1. The molecule has 1 aromatic heterocycles. The molecule has 2 heterocycles. The van der Waals surface area contributed by atoms with Crippen molar-refractivity contribution in [2.24, 2.45) is 4.99 Å². The van der Waals surface area contributed by atoms with E-state index in [-0.39, 0.29) is 0 Å². The first-order valence-corrected chi connectivity index (χ1v) is 15.1. The summed E-state index contributed by atoms with van der Waals surface area (Å²) in [6.45, 7) is 6.05. The molecule has 0 unspecified atom stereocenters. The van der Waals surface area contributed by atoms with E-state index in [1.54, 1.807) is 0 Å². The summed E-state index contributed by atoms with van der Waals surface area (Å²) >= 11 is 0. The minimum atomic E-state index is 0.754. The highest BCUT2D eigenvalue weighted by Crippen LogP contribution is 2.35. The molecule has 1 aliphatic heterocycles. The van der Waals surface area contributed by atoms with Gasteiger partial charge in [-0.05, 0) is 83.5 Å². The standard InChI is InChI=1S/C41H34N2/c1-3-29(4-2)38-27-24-34(28-39(42-38)33-12-6-5-7-13-33)32-20-18-30(19-21-32)31-22-25-35(26-23-31)43-40-16-10-8-14-36(40)37-15-9-11-17-41(37)43/h3-8,10-14,16-26,28H,1,9,15,27H2,2H3/b29-4+. The Bertz CT molecular complexity index is 1970. The number of benzene rings is 4. The Kier molecular flexibility index (Phi) is 7.18. The van der Waals surface area contributed by atoms with Crippen molar-refractivity contribution < 1.29 is 0 Å². The molecule has 7 rings (SSSR count). The molecule has 2 heteroatoms. The second kappa shape index (κ2) is 11.6. The van der Waals surface area contributed by atoms with Gasteiger partial charge < -0.3 is 4.57 Å². The van der Waals surface area contributed by atoms with Crippen molar-refractivity contribution in [1.82, 2.24) is 4.57 Å². The van der Waals surface area contributed by atoms with Crippen molar-refractivity contribution in [2.75, 3.05) is 0 Å². The Morgan fingerprint density at radius 1 is 0.791 bits per heavy atom. The minimum Gasteiger partial charge on any atom is -0.310 e. The number of nitrogens with zero attached hydrogens (tertiary/aromatic N) is 2. The average Bonchev–Trinajstić information content (AvgIpc) is 3.24. The molecule has 0 spiro atoms. The van der Waals surface area contributed by atoms with E-state index in [1.165, 1.54) is 50.1 Å². The van der Waals surface area contributed by atoms with E-state index in [0.717, 1.165) is 41.8 Å². The van der Waals surface area contributed by atoms with Crippen molar-refractivity contribution in [3.05, 3.63) is 168 Å². The Balaban J connectivity index is 1.19. The maximum absolute atomic E-state index is 5.08. The van der Waals surface area contributed by atoms with E-state index in [1.807, 2.05) is 19.1 Å². The number of fused-ring (bicyclic) bond motifs is 3. The van der Waals surface area contributed by atoms with Crippen LogP contribution in [-0.2, 0) is 6.42 Å². The van der Waals surface area contributed by atoms with Gasteiger partial charge in [0.1, 0.15) is 0 Å². The van der Waals surface area contributed by atoms with Crippen LogP contribution >= 0.6 is 0 Å². The number of allylic oxidation sites excluding steroid dienone is 7. The molecule has 0 atom stereocenters. The van der Waals surface area contributed by atoms with Gasteiger partial charge in [0, 0.05) is 28.8 Å². The second-order valence-corrected chi connectivity index (χ2v) is 11.0. The summed E-state index contributed by atoms with van der Waals surface area (Å²) in [4.78, 5) is 5.08. The van der Waals surface area contributed by atoms with Gasteiger partial charge in [0.25, 0.3) is 0 Å². The fourth-order valence-electron chi connectivity index (χ4n) is 6.30. The molecule has 2 aliphatic rings. The topological polar surface area (TPSA) is 17.3 Å². The Morgan fingerprint density at radius 3 is 2.23 bits per heavy atom. The molecule has 0 bridgehead atoms. The first-order chi connectivity index (χ1) is 21.2. The van der Waals surface area contributed by atoms with Gasteiger partial charge in [-0.15, -0.1) is 0 Å². The Morgan fingerprint density at radius 2 is 1.49 bits per heavy atom. The van der Waals surface area contributed by atoms with E-state index in [2.05, 4.69) is 139 Å². The van der Waals surface area contributed by atoms with E-state index < -0.39 is 0 Å². The highest BCUT2D eigenvalue weighted by Gasteiger charge is 2.18. The summed E-state index contributed by atoms with van der Waals surface area (Å²) in [6, 6.07) is 37.1. The van der Waals surface area contributed by atoms with Crippen LogP contribution in [0.3, 0.4) is 0 Å². The lowest BCUT2D eigenvalue weighted by Crippen LogP contribution is -2.00. The molecule has 0 radical (unpaired) electrons. The average molecular weight is 555 g/mol. The lowest BCUT2D eigenvalue weighted by Gasteiger charge is -2.13. The van der Waals surface area contributed by atoms with Crippen LogP contribution in [0, 0.1) is 0 Å². The molecule has 0 saturated heterocycles. The third kappa shape index (κ3) is 5.06. The molecule has 0 N–H and O–H groups in total. The normalized spacial score (nSPS) is 14.9. The summed E-state index contributed by atoms with van der Waals surface area (Å²) in [5, 5.41) is 1.36. The molecule has 4 aromatic carbocycles. The minimum absolute atomic E-state index is 0.754. The van der Waals surface area contributed by atoms with Gasteiger partial charge in [-0.1, -0.05) is 116 Å². The smallest absolute Gasteiger partial charge is 0.0711 e. The van der Waals surface area contributed by atoms with Crippen LogP contribution in [0.15, 0.2) is 151 Å². The molecule has 0 fully saturated rings. The van der Waals surface area contributed by atoms with Crippen molar-refractivity contribution in [3.8, 4) is 16.8 Å². The summed E-state index contributed by atoms with van der Waals surface area (Å²) in [5.74, 6) is 0. The highest BCUT2D eigenvalue weighted by molar-refractivity contribution is 6.08. The van der Waals surface area contributed by atoms with Gasteiger partial charge >= 0.3 is 0 Å². The van der Waals surface area contributed by atoms with Crippen LogP contribution in [0.5, 0.6) is 0 Å². The zero-order valence-corrected chi connectivity index (χ0v) is 24.5. The number of hydrogen-bond acceptors (Lipinski definition) is 1. The highest BCUT2D eigenvalue weighted by atomic mass is 15.0. The largest absolute Gasteiger partial charge is 0.310 e. The van der Waals surface area contributed by atoms with Gasteiger partial charge in [0.05, 0.1) is 16.9 Å². The predicted molar refractivity (Wildman–Crippen MR) is 184 cm³/mol. The van der Waals surface area contributed by atoms with Crippen LogP contribution in [0.2, 0.25) is 0 Å². The monoisotopic (exact) mass is 554 g/mol. The summed E-state index contributed by atoms with van der Waals surface area (Å²) < 4.78 is 2.41. The number of aliphatic imine (C=N–C) groups is 1. The SMILES string of the molecule is C=C/C(=C\C)C1=NC(c2ccccc2)=CC(c2ccc(-c3ccc(-n4c5c(c6ccccc64)CCC=C5)cc3)cc2)=CC1. The maximum Gasteiger partial charge on any atom is 0.0711 e. The molecule has 1 aliphatic carbocycles. The number of rotatable bonds is 6. The number of hydrogen-bond donors (Lipinski definition) is 0. The summed E-state index contributed by atoms with van der Waals surface area (Å²) in [7, 11) is 0. The van der Waals surface area contributed by atoms with Crippen molar-refractivity contribution in [1.29, 1.82) is 0 Å². The number of para-hydroxylation sites is 1. The lowest BCUT2D eigenvalue weighted by atomic mass is 9.98. The second-order valence-electron chi connectivity index (χ2n) is 11.0. The zero-order valence-electron chi connectivity index (χ0n) is 24.5. The van der Waals surface area contributed by atoms with Gasteiger partial charge in [-0.25, -0.2) is 0 Å². The van der Waals surface area contributed by atoms with Crippen LogP contribution in [-0.4, -0.2) is 10.3 Å². The van der Waals surface area contributed by atoms with Crippen LogP contribution in [0.25, 0.3) is 45.1 Å². The maximum atomic E-state index is 5.08. The van der Waals surface area contributed by atoms with E-state index in [0.29, 0.717) is 0 Å². The van der Waals surface area contributed by atoms with E-state index in [9.17, 15) is 0 Å². The van der Waals surface area contributed by atoms with Crippen LogP contribution in [0.1, 0.15) is 42.1 Å². The summed E-state index contributed by atoms with van der Waals surface area (Å²) in [5.41, 5.74) is 14.2. The first kappa shape index (κ1) is 26.7. The third-order valence-corrected chi connectivity index (χ3v) is 8.53. The van der Waals surface area contributed by atoms with Gasteiger partial charge in [-0.2, -0.15) is 0 Å². The van der Waals surface area contributed by atoms with Crippen molar-refractivity contribution in [3.63, 3.8) is 0 Å². The fraction of sp³-hybridized carbons (Fsp3) is 0.0976. The molecule has 5 aromatic rings. The number of aromatic nitrogens is 1. The lowest BCUT2D eigenvalue weighted by molar-refractivity contribution is 0.967. The predicted octanol–water partition coefficient (Wildman–Crippen LogP) is 10.7. The Hall–Kier alpha value is -5.21. The van der Waals surface area contributed by atoms with Gasteiger partial charge in [-0.3, -0.25) is 4.99 Å². The molecule has 0 amide bonds. The van der Waals surface area contributed by atoms with Crippen LogP contribution < -0.4 is 0 Å². The third-order valence-electron chi connectivity index (χ3n) is 8.53. The zero-order chi connectivity index (χ0) is 29.2. The quantitative estimate of drug-likeness (QED) is 0.186. The van der Waals surface area contributed by atoms with Gasteiger partial charge in [0.2, 0.25) is 0 Å².